The first-order chi connectivity index (χ1) is 5.75. The molecule has 1 aromatic rings. The Labute approximate surface area is 74.6 Å². The number of hydrogen-bond donors (Lipinski definition) is 1. The Balaban J connectivity index is 2.52. The van der Waals surface area contributed by atoms with Gasteiger partial charge in [-0.1, -0.05) is 26.7 Å². The van der Waals surface area contributed by atoms with Crippen LogP contribution in [0.1, 0.15) is 44.9 Å². The lowest BCUT2D eigenvalue weighted by molar-refractivity contribution is -0.679. The zero-order chi connectivity index (χ0) is 8.97. The van der Waals surface area contributed by atoms with Gasteiger partial charge in [-0.05, 0) is 6.42 Å². The Morgan fingerprint density at radius 1 is 1.58 bits per heavy atom. The molecule has 1 N–H and O–H groups in total. The highest BCUT2D eigenvalue weighted by Gasteiger charge is 2.14. The number of nitrogens with one attached hydrogen (secondary N) is 1. The summed E-state index contributed by atoms with van der Waals surface area (Å²) in [7, 11) is 2.09. The highest BCUT2D eigenvalue weighted by atomic mass is 15.0. The number of aromatic amines is 1. The van der Waals surface area contributed by atoms with Crippen LogP contribution in [0.4, 0.5) is 0 Å². The molecule has 1 heterocycles. The first kappa shape index (κ1) is 9.30. The second kappa shape index (κ2) is 4.29. The summed E-state index contributed by atoms with van der Waals surface area (Å²) in [5.41, 5.74) is 0. The van der Waals surface area contributed by atoms with Crippen molar-refractivity contribution in [3.05, 3.63) is 18.2 Å². The van der Waals surface area contributed by atoms with E-state index in [4.69, 9.17) is 0 Å². The number of H-pyrrole nitrogens is 1. The summed E-state index contributed by atoms with van der Waals surface area (Å²) in [6, 6.07) is 0. The minimum atomic E-state index is 0.657. The summed E-state index contributed by atoms with van der Waals surface area (Å²) >= 11 is 0. The van der Waals surface area contributed by atoms with E-state index < -0.39 is 0 Å². The third-order valence-corrected chi connectivity index (χ3v) is 2.37. The summed E-state index contributed by atoms with van der Waals surface area (Å²) in [5.74, 6) is 1.99. The van der Waals surface area contributed by atoms with Gasteiger partial charge in [0, 0.05) is 0 Å². The smallest absolute Gasteiger partial charge is 0.247 e. The van der Waals surface area contributed by atoms with Gasteiger partial charge in [-0.2, -0.15) is 0 Å². The van der Waals surface area contributed by atoms with E-state index in [1.54, 1.807) is 0 Å². The van der Waals surface area contributed by atoms with Crippen molar-refractivity contribution in [3.63, 3.8) is 0 Å². The molecule has 0 amide bonds. The van der Waals surface area contributed by atoms with Crippen molar-refractivity contribution in [2.45, 2.75) is 39.0 Å². The van der Waals surface area contributed by atoms with Crippen molar-refractivity contribution >= 4 is 0 Å². The van der Waals surface area contributed by atoms with Gasteiger partial charge in [-0.3, -0.25) is 0 Å². The molecule has 2 nitrogen and oxygen atoms in total. The highest BCUT2D eigenvalue weighted by Crippen LogP contribution is 2.15. The largest absolute Gasteiger partial charge is 0.256 e. The average Bonchev–Trinajstić information content (AvgIpc) is 2.47. The number of unbranched alkanes of at least 4 members (excludes halogenated alkanes) is 1. The van der Waals surface area contributed by atoms with Crippen LogP contribution >= 0.6 is 0 Å². The van der Waals surface area contributed by atoms with Crippen LogP contribution in [0.5, 0.6) is 0 Å². The number of aryl methyl sites for hydroxylation is 1. The van der Waals surface area contributed by atoms with Gasteiger partial charge in [0.25, 0.3) is 5.82 Å². The molecule has 0 aromatic carbocycles. The molecule has 0 saturated heterocycles. The van der Waals surface area contributed by atoms with Crippen molar-refractivity contribution < 1.29 is 4.57 Å². The minimum Gasteiger partial charge on any atom is -0.247 e. The molecule has 1 aromatic heterocycles. The van der Waals surface area contributed by atoms with Crippen LogP contribution in [0.25, 0.3) is 0 Å². The molecule has 0 radical (unpaired) electrons. The Hall–Kier alpha value is -0.790. The van der Waals surface area contributed by atoms with Gasteiger partial charge in [-0.25, -0.2) is 9.55 Å². The molecular weight excluding hydrogens is 148 g/mol. The van der Waals surface area contributed by atoms with Crippen molar-refractivity contribution in [2.24, 2.45) is 7.05 Å². The highest BCUT2D eigenvalue weighted by molar-refractivity contribution is 4.86. The van der Waals surface area contributed by atoms with E-state index in [2.05, 4.69) is 36.6 Å². The molecular formula is C10H19N2+. The van der Waals surface area contributed by atoms with Crippen molar-refractivity contribution in [3.8, 4) is 0 Å². The Morgan fingerprint density at radius 3 is 2.83 bits per heavy atom. The van der Waals surface area contributed by atoms with Crippen LogP contribution in [0.2, 0.25) is 0 Å². The van der Waals surface area contributed by atoms with E-state index in [1.807, 2.05) is 6.20 Å². The SMILES string of the molecule is CCCCC(C)c1[nH]cc[n+]1C. The normalized spacial score (nSPS) is 13.2. The van der Waals surface area contributed by atoms with Gasteiger partial charge in [0.2, 0.25) is 0 Å². The molecule has 12 heavy (non-hydrogen) atoms. The third-order valence-electron chi connectivity index (χ3n) is 2.37. The number of hydrogen-bond acceptors (Lipinski definition) is 0. The maximum Gasteiger partial charge on any atom is 0.256 e. The number of rotatable bonds is 4. The van der Waals surface area contributed by atoms with Crippen LogP contribution in [0.3, 0.4) is 0 Å². The zero-order valence-electron chi connectivity index (χ0n) is 8.30. The molecule has 0 aliphatic rings. The Morgan fingerprint density at radius 2 is 2.33 bits per heavy atom. The maximum atomic E-state index is 3.28. The van der Waals surface area contributed by atoms with Gasteiger partial charge in [0.05, 0.1) is 13.0 Å². The molecule has 0 spiro atoms. The van der Waals surface area contributed by atoms with Crippen molar-refractivity contribution in [1.29, 1.82) is 0 Å². The standard InChI is InChI=1S/C10H18N2/c1-4-5-6-9(2)10-11-7-8-12(10)3/h7-9H,4-6H2,1-3H3/p+1. The van der Waals surface area contributed by atoms with E-state index in [-0.39, 0.29) is 0 Å². The molecule has 0 aliphatic heterocycles. The predicted molar refractivity (Wildman–Crippen MR) is 49.9 cm³/mol. The van der Waals surface area contributed by atoms with Crippen LogP contribution in [0, 0.1) is 0 Å². The number of imidazole rings is 1. The lowest BCUT2D eigenvalue weighted by Crippen LogP contribution is -2.31. The van der Waals surface area contributed by atoms with Gasteiger partial charge < -0.3 is 0 Å². The Bertz CT molecular complexity index is 227. The summed E-state index contributed by atoms with van der Waals surface area (Å²) in [6.45, 7) is 4.52. The first-order valence-corrected chi connectivity index (χ1v) is 4.78. The minimum absolute atomic E-state index is 0.657. The molecule has 2 heteroatoms. The fourth-order valence-corrected chi connectivity index (χ4v) is 1.55. The van der Waals surface area contributed by atoms with Crippen molar-refractivity contribution in [1.82, 2.24) is 4.98 Å². The van der Waals surface area contributed by atoms with Crippen LogP contribution in [-0.4, -0.2) is 4.98 Å². The van der Waals surface area contributed by atoms with Gasteiger partial charge in [-0.15, -0.1) is 0 Å². The van der Waals surface area contributed by atoms with E-state index in [9.17, 15) is 0 Å². The van der Waals surface area contributed by atoms with Gasteiger partial charge >= 0.3 is 0 Å². The predicted octanol–water partition coefficient (Wildman–Crippen LogP) is 2.13. The average molecular weight is 167 g/mol. The Kier molecular flexibility index (Phi) is 3.32. The summed E-state index contributed by atoms with van der Waals surface area (Å²) in [5, 5.41) is 0. The second-order valence-corrected chi connectivity index (χ2v) is 3.50. The molecule has 0 saturated carbocycles. The zero-order valence-corrected chi connectivity index (χ0v) is 8.30. The van der Waals surface area contributed by atoms with E-state index in [1.165, 1.54) is 25.1 Å². The van der Waals surface area contributed by atoms with E-state index in [0.29, 0.717) is 5.92 Å². The number of nitrogens with zero attached hydrogens (tertiary/aromatic N) is 1. The maximum absolute atomic E-state index is 3.28. The molecule has 68 valence electrons. The lowest BCUT2D eigenvalue weighted by Gasteiger charge is -2.04. The quantitative estimate of drug-likeness (QED) is 0.663. The summed E-state index contributed by atoms with van der Waals surface area (Å²) in [6.07, 6.45) is 7.95. The second-order valence-electron chi connectivity index (χ2n) is 3.50. The van der Waals surface area contributed by atoms with Crippen molar-refractivity contribution in [2.75, 3.05) is 0 Å². The number of aromatic nitrogens is 2. The molecule has 0 aliphatic carbocycles. The fourth-order valence-electron chi connectivity index (χ4n) is 1.55. The fraction of sp³-hybridized carbons (Fsp3) is 0.700. The monoisotopic (exact) mass is 167 g/mol. The van der Waals surface area contributed by atoms with Crippen LogP contribution < -0.4 is 4.57 Å². The molecule has 1 rings (SSSR count). The van der Waals surface area contributed by atoms with E-state index >= 15 is 0 Å². The lowest BCUT2D eigenvalue weighted by atomic mass is 10.0. The first-order valence-electron chi connectivity index (χ1n) is 4.78. The topological polar surface area (TPSA) is 19.7 Å². The summed E-state index contributed by atoms with van der Waals surface area (Å²) < 4.78 is 2.17. The molecule has 0 fully saturated rings. The summed E-state index contributed by atoms with van der Waals surface area (Å²) in [4.78, 5) is 3.28. The third kappa shape index (κ3) is 2.10. The van der Waals surface area contributed by atoms with Gasteiger partial charge in [0.15, 0.2) is 0 Å². The van der Waals surface area contributed by atoms with Gasteiger partial charge in [0.1, 0.15) is 12.4 Å². The molecule has 1 atom stereocenters. The van der Waals surface area contributed by atoms with Crippen LogP contribution in [-0.2, 0) is 7.05 Å². The van der Waals surface area contributed by atoms with Crippen LogP contribution in [0.15, 0.2) is 12.4 Å². The molecule has 1 unspecified atom stereocenters. The van der Waals surface area contributed by atoms with E-state index in [0.717, 1.165) is 0 Å². The molecule has 0 bridgehead atoms.